The van der Waals surface area contributed by atoms with E-state index in [0.29, 0.717) is 46.9 Å². The van der Waals surface area contributed by atoms with Gasteiger partial charge in [-0.25, -0.2) is 0 Å². The SMILES string of the molecule is CCOc1ccccc1Oc1c(C)oc2c(CN3CCN(c4ccccc4)CC3)c(O)ccc2c1=O. The summed E-state index contributed by atoms with van der Waals surface area (Å²) in [6.07, 6.45) is 0. The summed E-state index contributed by atoms with van der Waals surface area (Å²) in [7, 11) is 0. The van der Waals surface area contributed by atoms with Gasteiger partial charge in [-0.15, -0.1) is 0 Å². The summed E-state index contributed by atoms with van der Waals surface area (Å²) < 4.78 is 17.8. The summed E-state index contributed by atoms with van der Waals surface area (Å²) in [6, 6.07) is 20.7. The summed E-state index contributed by atoms with van der Waals surface area (Å²) in [5.74, 6) is 1.58. The van der Waals surface area contributed by atoms with Crippen LogP contribution in [0, 0.1) is 6.92 Å². The van der Waals surface area contributed by atoms with Crippen LogP contribution in [0.5, 0.6) is 23.0 Å². The number of piperazine rings is 1. The Bertz CT molecular complexity index is 1410. The lowest BCUT2D eigenvalue weighted by Gasteiger charge is -2.36. The van der Waals surface area contributed by atoms with Crippen LogP contribution < -0.4 is 19.8 Å². The molecule has 2 heterocycles. The van der Waals surface area contributed by atoms with Crippen LogP contribution in [0.2, 0.25) is 0 Å². The Morgan fingerprint density at radius 3 is 2.33 bits per heavy atom. The Balaban J connectivity index is 1.41. The van der Waals surface area contributed by atoms with Gasteiger partial charge in [-0.3, -0.25) is 9.69 Å². The number of ether oxygens (including phenoxy) is 2. The molecule has 7 nitrogen and oxygen atoms in total. The van der Waals surface area contributed by atoms with E-state index in [4.69, 9.17) is 13.9 Å². The highest BCUT2D eigenvalue weighted by molar-refractivity contribution is 5.83. The van der Waals surface area contributed by atoms with Gasteiger partial charge in [0.25, 0.3) is 0 Å². The molecule has 0 radical (unpaired) electrons. The van der Waals surface area contributed by atoms with Crippen molar-refractivity contribution in [1.82, 2.24) is 4.90 Å². The lowest BCUT2D eigenvalue weighted by molar-refractivity contribution is 0.246. The maximum Gasteiger partial charge on any atom is 0.235 e. The Morgan fingerprint density at radius 1 is 0.917 bits per heavy atom. The monoisotopic (exact) mass is 486 g/mol. The number of aryl methyl sites for hydroxylation is 1. The zero-order valence-electron chi connectivity index (χ0n) is 20.6. The first-order valence-corrected chi connectivity index (χ1v) is 12.3. The van der Waals surface area contributed by atoms with Gasteiger partial charge < -0.3 is 23.9 Å². The third kappa shape index (κ3) is 4.75. The molecule has 5 rings (SSSR count). The Kier molecular flexibility index (Phi) is 6.82. The molecule has 0 unspecified atom stereocenters. The number of aromatic hydroxyl groups is 1. The summed E-state index contributed by atoms with van der Waals surface area (Å²) in [5.41, 5.74) is 1.94. The molecule has 1 aliphatic heterocycles. The number of rotatable bonds is 7. The molecule has 7 heteroatoms. The van der Waals surface area contributed by atoms with Crippen LogP contribution in [-0.4, -0.2) is 42.8 Å². The van der Waals surface area contributed by atoms with E-state index in [0.717, 1.165) is 26.2 Å². The molecule has 186 valence electrons. The van der Waals surface area contributed by atoms with E-state index in [1.165, 1.54) is 5.69 Å². The highest BCUT2D eigenvalue weighted by Crippen LogP contribution is 2.35. The van der Waals surface area contributed by atoms with E-state index >= 15 is 0 Å². The van der Waals surface area contributed by atoms with E-state index in [2.05, 4.69) is 21.9 Å². The van der Waals surface area contributed by atoms with E-state index in [1.54, 1.807) is 31.2 Å². The third-order valence-electron chi connectivity index (χ3n) is 6.50. The lowest BCUT2D eigenvalue weighted by atomic mass is 10.1. The molecule has 1 N–H and O–H groups in total. The van der Waals surface area contributed by atoms with E-state index in [9.17, 15) is 9.90 Å². The standard InChI is InChI=1S/C29H30N2O5/c1-3-34-25-11-7-8-12-26(25)36-28-20(2)35-29-22(27(28)33)13-14-24(32)23(29)19-30-15-17-31(18-16-30)21-9-5-4-6-10-21/h4-14,32H,3,15-19H2,1-2H3. The normalized spacial score (nSPS) is 14.2. The molecule has 0 amide bonds. The predicted octanol–water partition coefficient (Wildman–Crippen LogP) is 5.32. The lowest BCUT2D eigenvalue weighted by Crippen LogP contribution is -2.46. The molecule has 0 atom stereocenters. The fraction of sp³-hybridized carbons (Fsp3) is 0.276. The van der Waals surface area contributed by atoms with Gasteiger partial charge in [-0.1, -0.05) is 30.3 Å². The van der Waals surface area contributed by atoms with Gasteiger partial charge in [0.1, 0.15) is 17.1 Å². The molecule has 0 spiro atoms. The molecule has 1 aromatic heterocycles. The van der Waals surface area contributed by atoms with E-state index in [1.807, 2.05) is 37.3 Å². The van der Waals surface area contributed by atoms with Crippen LogP contribution in [0.1, 0.15) is 18.2 Å². The number of hydrogen-bond acceptors (Lipinski definition) is 7. The number of para-hydroxylation sites is 3. The summed E-state index contributed by atoms with van der Waals surface area (Å²) in [6.45, 7) is 8.00. The molecule has 1 saturated heterocycles. The number of benzene rings is 3. The molecule has 36 heavy (non-hydrogen) atoms. The number of anilines is 1. The number of fused-ring (bicyclic) bond motifs is 1. The second kappa shape index (κ2) is 10.3. The molecule has 4 aromatic rings. The molecule has 0 aliphatic carbocycles. The number of phenolic OH excluding ortho intramolecular Hbond substituents is 1. The van der Waals surface area contributed by atoms with Gasteiger partial charge >= 0.3 is 0 Å². The minimum absolute atomic E-state index is 0.114. The average Bonchev–Trinajstić information content (AvgIpc) is 2.90. The first-order valence-electron chi connectivity index (χ1n) is 12.3. The van der Waals surface area contributed by atoms with Gasteiger partial charge in [0.15, 0.2) is 11.5 Å². The average molecular weight is 487 g/mol. The van der Waals surface area contributed by atoms with E-state index < -0.39 is 0 Å². The fourth-order valence-corrected chi connectivity index (χ4v) is 4.61. The van der Waals surface area contributed by atoms with Crippen molar-refractivity contribution in [3.8, 4) is 23.0 Å². The van der Waals surface area contributed by atoms with E-state index in [-0.39, 0.29) is 16.9 Å². The second-order valence-electron chi connectivity index (χ2n) is 8.84. The van der Waals surface area contributed by atoms with Crippen LogP contribution in [0.15, 0.2) is 75.9 Å². The quantitative estimate of drug-likeness (QED) is 0.379. The van der Waals surface area contributed by atoms with Gasteiger partial charge in [-0.05, 0) is 50.2 Å². The van der Waals surface area contributed by atoms with Crippen LogP contribution in [0.25, 0.3) is 11.0 Å². The summed E-state index contributed by atoms with van der Waals surface area (Å²) in [4.78, 5) is 18.1. The van der Waals surface area contributed by atoms with Gasteiger partial charge in [0, 0.05) is 38.4 Å². The first kappa shape index (κ1) is 23.8. The highest BCUT2D eigenvalue weighted by Gasteiger charge is 2.23. The zero-order chi connectivity index (χ0) is 25.1. The molecule has 1 fully saturated rings. The van der Waals surface area contributed by atoms with Crippen molar-refractivity contribution in [3.05, 3.63) is 88.3 Å². The molecular weight excluding hydrogens is 456 g/mol. The van der Waals surface area contributed by atoms with Crippen molar-refractivity contribution in [1.29, 1.82) is 0 Å². The Hall–Kier alpha value is -3.97. The predicted molar refractivity (Wildman–Crippen MR) is 141 cm³/mol. The first-order chi connectivity index (χ1) is 17.5. The Labute approximate surface area is 210 Å². The smallest absolute Gasteiger partial charge is 0.235 e. The molecule has 0 bridgehead atoms. The number of nitrogens with zero attached hydrogens (tertiary/aromatic N) is 2. The van der Waals surface area contributed by atoms with Gasteiger partial charge in [0.2, 0.25) is 11.2 Å². The topological polar surface area (TPSA) is 75.4 Å². The fourth-order valence-electron chi connectivity index (χ4n) is 4.61. The molecule has 1 aliphatic rings. The minimum Gasteiger partial charge on any atom is -0.507 e. The maximum absolute atomic E-state index is 13.5. The largest absolute Gasteiger partial charge is 0.507 e. The van der Waals surface area contributed by atoms with Crippen molar-refractivity contribution in [2.75, 3.05) is 37.7 Å². The number of hydrogen-bond donors (Lipinski definition) is 1. The molecular formula is C29H30N2O5. The maximum atomic E-state index is 13.5. The summed E-state index contributed by atoms with van der Waals surface area (Å²) in [5, 5.41) is 11.1. The summed E-state index contributed by atoms with van der Waals surface area (Å²) >= 11 is 0. The van der Waals surface area contributed by atoms with Crippen molar-refractivity contribution >= 4 is 16.7 Å². The van der Waals surface area contributed by atoms with Crippen molar-refractivity contribution in [2.45, 2.75) is 20.4 Å². The molecule has 3 aromatic carbocycles. The van der Waals surface area contributed by atoms with Crippen molar-refractivity contribution in [3.63, 3.8) is 0 Å². The van der Waals surface area contributed by atoms with Crippen LogP contribution in [0.4, 0.5) is 5.69 Å². The van der Waals surface area contributed by atoms with Crippen LogP contribution in [-0.2, 0) is 6.54 Å². The van der Waals surface area contributed by atoms with Crippen molar-refractivity contribution in [2.24, 2.45) is 0 Å². The highest BCUT2D eigenvalue weighted by atomic mass is 16.5. The Morgan fingerprint density at radius 2 is 1.61 bits per heavy atom. The number of phenols is 1. The van der Waals surface area contributed by atoms with Crippen LogP contribution >= 0.6 is 0 Å². The van der Waals surface area contributed by atoms with Gasteiger partial charge in [-0.2, -0.15) is 0 Å². The van der Waals surface area contributed by atoms with Crippen molar-refractivity contribution < 1.29 is 19.0 Å². The second-order valence-corrected chi connectivity index (χ2v) is 8.84. The van der Waals surface area contributed by atoms with Crippen LogP contribution in [0.3, 0.4) is 0 Å². The third-order valence-corrected chi connectivity index (χ3v) is 6.50. The zero-order valence-corrected chi connectivity index (χ0v) is 20.6. The molecule has 0 saturated carbocycles. The minimum atomic E-state index is -0.282. The van der Waals surface area contributed by atoms with Gasteiger partial charge in [0.05, 0.1) is 17.6 Å².